The Morgan fingerprint density at radius 3 is 2.20 bits per heavy atom. The van der Waals surface area contributed by atoms with E-state index in [1.807, 2.05) is 0 Å². The third-order valence-corrected chi connectivity index (χ3v) is 8.31. The summed E-state index contributed by atoms with van der Waals surface area (Å²) in [6, 6.07) is -0.754. The van der Waals surface area contributed by atoms with Gasteiger partial charge in [0.05, 0.1) is 45.6 Å². The van der Waals surface area contributed by atoms with Crippen molar-refractivity contribution in [2.75, 3.05) is 11.5 Å². The van der Waals surface area contributed by atoms with Gasteiger partial charge in [-0.25, -0.2) is 26.4 Å². The van der Waals surface area contributed by atoms with E-state index in [0.717, 1.165) is 12.1 Å². The van der Waals surface area contributed by atoms with Crippen LogP contribution in [0, 0.1) is 0 Å². The van der Waals surface area contributed by atoms with E-state index in [0.29, 0.717) is 0 Å². The van der Waals surface area contributed by atoms with E-state index in [1.165, 1.54) is 0 Å². The van der Waals surface area contributed by atoms with Crippen LogP contribution in [-0.2, 0) is 24.7 Å². The molecule has 9 nitrogen and oxygen atoms in total. The largest absolute Gasteiger partial charge is 0.478 e. The van der Waals surface area contributed by atoms with Crippen molar-refractivity contribution in [1.29, 1.82) is 0 Å². The lowest BCUT2D eigenvalue weighted by Gasteiger charge is -2.22. The Labute approximate surface area is 196 Å². The molecular weight excluding hydrogens is 550 g/mol. The molecule has 1 heterocycles. The molecule has 1 aliphatic heterocycles. The highest BCUT2D eigenvalue weighted by Crippen LogP contribution is 2.31. The van der Waals surface area contributed by atoms with Gasteiger partial charge >= 0.3 is 5.97 Å². The van der Waals surface area contributed by atoms with Crippen LogP contribution in [0.25, 0.3) is 0 Å². The lowest BCUT2D eigenvalue weighted by Crippen LogP contribution is -2.51. The van der Waals surface area contributed by atoms with Crippen molar-refractivity contribution >= 4 is 89.7 Å². The number of aromatic carboxylic acids is 1. The van der Waals surface area contributed by atoms with Crippen LogP contribution in [0.1, 0.15) is 16.8 Å². The van der Waals surface area contributed by atoms with Gasteiger partial charge in [0, 0.05) is 0 Å². The maximum absolute atomic E-state index is 12.8. The number of hydrogen-bond acceptors (Lipinski definition) is 6. The van der Waals surface area contributed by atoms with Crippen molar-refractivity contribution in [1.82, 2.24) is 10.0 Å². The van der Waals surface area contributed by atoms with E-state index in [4.69, 9.17) is 63.1 Å². The van der Waals surface area contributed by atoms with Crippen LogP contribution in [0.3, 0.4) is 0 Å². The average molecular weight is 563 g/mol. The molecule has 1 aliphatic rings. The van der Waals surface area contributed by atoms with E-state index < -0.39 is 76.0 Å². The van der Waals surface area contributed by atoms with Gasteiger partial charge in [-0.05, 0) is 12.1 Å². The number of alkyl halides is 3. The van der Waals surface area contributed by atoms with Crippen molar-refractivity contribution in [3.63, 3.8) is 0 Å². The first kappa shape index (κ1) is 25.7. The van der Waals surface area contributed by atoms with Gasteiger partial charge < -0.3 is 10.4 Å². The van der Waals surface area contributed by atoms with Crippen LogP contribution in [0.15, 0.2) is 17.0 Å². The molecule has 1 aromatic rings. The fourth-order valence-electron chi connectivity index (χ4n) is 2.71. The molecule has 2 atom stereocenters. The number of hydrogen-bond donors (Lipinski definition) is 3. The quantitative estimate of drug-likeness (QED) is 0.450. The van der Waals surface area contributed by atoms with Crippen LogP contribution in [0.5, 0.6) is 0 Å². The summed E-state index contributed by atoms with van der Waals surface area (Å²) in [5.74, 6) is -3.48. The van der Waals surface area contributed by atoms with Gasteiger partial charge in [0.15, 0.2) is 13.6 Å². The lowest BCUT2D eigenvalue weighted by molar-refractivity contribution is -0.121. The van der Waals surface area contributed by atoms with Gasteiger partial charge in [0.2, 0.25) is 15.9 Å². The van der Waals surface area contributed by atoms with Gasteiger partial charge in [-0.2, -0.15) is 0 Å². The molecule has 0 spiro atoms. The number of benzene rings is 1. The number of carbonyl (C=O) groups excluding carboxylic acids is 1. The summed E-state index contributed by atoms with van der Waals surface area (Å²) in [4.78, 5) is 22.6. The van der Waals surface area contributed by atoms with Crippen molar-refractivity contribution in [2.45, 2.75) is 27.2 Å². The molecule has 30 heavy (non-hydrogen) atoms. The Morgan fingerprint density at radius 1 is 1.10 bits per heavy atom. The number of halogens is 5. The highest BCUT2D eigenvalue weighted by atomic mass is 35.6. The molecule has 168 valence electrons. The second kappa shape index (κ2) is 9.14. The molecule has 2 unspecified atom stereocenters. The van der Waals surface area contributed by atoms with E-state index >= 15 is 0 Å². The number of nitrogens with one attached hydrogen (secondary N) is 2. The number of carboxylic acid groups (broad SMARTS) is 1. The number of sulfone groups is 1. The van der Waals surface area contributed by atoms with Crippen LogP contribution in [0.4, 0.5) is 0 Å². The van der Waals surface area contributed by atoms with E-state index in [9.17, 15) is 26.4 Å². The van der Waals surface area contributed by atoms with Crippen molar-refractivity contribution in [3.05, 3.63) is 27.7 Å². The fourth-order valence-corrected chi connectivity index (χ4v) is 7.17. The minimum Gasteiger partial charge on any atom is -0.478 e. The molecule has 1 amide bonds. The molecule has 1 fully saturated rings. The zero-order valence-corrected chi connectivity index (χ0v) is 19.9. The van der Waals surface area contributed by atoms with Gasteiger partial charge in [0.1, 0.15) is 4.90 Å². The number of carbonyl (C=O) groups is 2. The Morgan fingerprint density at radius 2 is 1.67 bits per heavy atom. The highest BCUT2D eigenvalue weighted by Gasteiger charge is 2.42. The Hall–Kier alpha value is -0.530. The molecule has 0 bridgehead atoms. The topological polar surface area (TPSA) is 147 Å². The third-order valence-electron chi connectivity index (χ3n) is 3.91. The Kier molecular flexibility index (Phi) is 7.84. The zero-order valence-electron chi connectivity index (χ0n) is 14.5. The van der Waals surface area contributed by atoms with Crippen molar-refractivity contribution < 1.29 is 31.5 Å². The first-order valence-corrected chi connectivity index (χ1v) is 13.0. The standard InChI is InChI=1S/C14H13Cl5N2O7S2/c15-7-2-8(16)11(1-6(7)13(23)24)30(27,28)21-10-5-29(25,26)4-9(10)20-12(22)3-14(17,18)19/h1-2,9-10,21H,3-5H2,(H,20,22)(H,23,24). The van der Waals surface area contributed by atoms with Crippen molar-refractivity contribution in [2.24, 2.45) is 0 Å². The molecule has 3 N–H and O–H groups in total. The number of sulfonamides is 1. The average Bonchev–Trinajstić information content (AvgIpc) is 2.77. The van der Waals surface area contributed by atoms with Crippen LogP contribution in [-0.4, -0.2) is 61.2 Å². The summed E-state index contributed by atoms with van der Waals surface area (Å²) in [6.07, 6.45) is -0.585. The summed E-state index contributed by atoms with van der Waals surface area (Å²) < 4.78 is 49.7. The zero-order chi connectivity index (χ0) is 23.1. The first-order valence-electron chi connectivity index (χ1n) is 7.82. The third kappa shape index (κ3) is 6.73. The smallest absolute Gasteiger partial charge is 0.337 e. The van der Waals surface area contributed by atoms with Gasteiger partial charge in [-0.15, -0.1) is 0 Å². The SMILES string of the molecule is O=C(CC(Cl)(Cl)Cl)NC1CS(=O)(=O)CC1NS(=O)(=O)c1cc(C(=O)O)c(Cl)cc1Cl. The van der Waals surface area contributed by atoms with Gasteiger partial charge in [-0.3, -0.25) is 4.79 Å². The molecule has 0 aromatic heterocycles. The molecule has 1 saturated heterocycles. The van der Waals surface area contributed by atoms with Gasteiger partial charge in [0.25, 0.3) is 0 Å². The number of rotatable bonds is 6. The van der Waals surface area contributed by atoms with E-state index in [2.05, 4.69) is 10.0 Å². The summed E-state index contributed by atoms with van der Waals surface area (Å²) >= 11 is 28.2. The summed E-state index contributed by atoms with van der Waals surface area (Å²) in [7, 11) is -8.21. The maximum Gasteiger partial charge on any atom is 0.337 e. The fraction of sp³-hybridized carbons (Fsp3) is 0.429. The lowest BCUT2D eigenvalue weighted by atomic mass is 10.2. The van der Waals surface area contributed by atoms with Crippen molar-refractivity contribution in [3.8, 4) is 0 Å². The normalized spacial score (nSPS) is 21.4. The number of amides is 1. The second-order valence-electron chi connectivity index (χ2n) is 6.34. The molecule has 0 aliphatic carbocycles. The minimum absolute atomic E-state index is 0.285. The predicted octanol–water partition coefficient (Wildman–Crippen LogP) is 2.01. The molecule has 2 rings (SSSR count). The molecule has 1 aromatic carbocycles. The minimum atomic E-state index is -4.50. The summed E-state index contributed by atoms with van der Waals surface area (Å²) in [5, 5.41) is 10.8. The van der Waals surface area contributed by atoms with Crippen LogP contribution in [0.2, 0.25) is 10.0 Å². The molecule has 0 radical (unpaired) electrons. The number of carboxylic acids is 1. The Balaban J connectivity index is 2.32. The van der Waals surface area contributed by atoms with E-state index in [1.54, 1.807) is 0 Å². The molecular formula is C14H13Cl5N2O7S2. The monoisotopic (exact) mass is 560 g/mol. The van der Waals surface area contributed by atoms with Gasteiger partial charge in [-0.1, -0.05) is 58.0 Å². The second-order valence-corrected chi connectivity index (χ2v) is 13.5. The predicted molar refractivity (Wildman–Crippen MR) is 113 cm³/mol. The van der Waals surface area contributed by atoms with Crippen LogP contribution < -0.4 is 10.0 Å². The molecule has 0 saturated carbocycles. The van der Waals surface area contributed by atoms with Crippen LogP contribution >= 0.6 is 58.0 Å². The van der Waals surface area contributed by atoms with E-state index in [-0.39, 0.29) is 10.0 Å². The first-order chi connectivity index (χ1) is 13.5. The summed E-state index contributed by atoms with van der Waals surface area (Å²) in [5.41, 5.74) is -0.520. The summed E-state index contributed by atoms with van der Waals surface area (Å²) in [6.45, 7) is 0. The molecule has 16 heteroatoms. The highest BCUT2D eigenvalue weighted by molar-refractivity contribution is 7.92. The Bertz CT molecular complexity index is 1090. The maximum atomic E-state index is 12.8.